The Labute approximate surface area is 89.8 Å². The van der Waals surface area contributed by atoms with Crippen molar-refractivity contribution in [1.29, 1.82) is 0 Å². The average molecular weight is 210 g/mol. The zero-order valence-corrected chi connectivity index (χ0v) is 9.31. The maximum Gasteiger partial charge on any atom is 0.0738 e. The van der Waals surface area contributed by atoms with Gasteiger partial charge in [-0.1, -0.05) is 5.21 Å². The van der Waals surface area contributed by atoms with E-state index in [-0.39, 0.29) is 0 Å². The lowest BCUT2D eigenvalue weighted by Gasteiger charge is -2.16. The molecule has 0 amide bonds. The van der Waals surface area contributed by atoms with Crippen molar-refractivity contribution in [3.8, 4) is 0 Å². The van der Waals surface area contributed by atoms with Crippen LogP contribution in [0, 0.1) is 5.92 Å². The first-order chi connectivity index (χ1) is 7.31. The number of aryl methyl sites for hydroxylation is 1. The van der Waals surface area contributed by atoms with E-state index in [1.807, 2.05) is 7.05 Å². The zero-order chi connectivity index (χ0) is 10.7. The van der Waals surface area contributed by atoms with Gasteiger partial charge in [0.2, 0.25) is 0 Å². The van der Waals surface area contributed by atoms with E-state index in [0.29, 0.717) is 6.04 Å². The molecule has 1 aromatic heterocycles. The summed E-state index contributed by atoms with van der Waals surface area (Å²) in [6.07, 6.45) is 4.44. The summed E-state index contributed by atoms with van der Waals surface area (Å²) in [6.45, 7) is 1.60. The first kappa shape index (κ1) is 10.6. The highest BCUT2D eigenvalue weighted by Gasteiger charge is 2.30. The molecule has 84 valence electrons. The van der Waals surface area contributed by atoms with Gasteiger partial charge in [0.1, 0.15) is 0 Å². The van der Waals surface area contributed by atoms with E-state index in [4.69, 9.17) is 4.74 Å². The predicted molar refractivity (Wildman–Crippen MR) is 56.2 cm³/mol. The molecule has 5 heteroatoms. The molecular weight excluding hydrogens is 192 g/mol. The van der Waals surface area contributed by atoms with E-state index < -0.39 is 0 Å². The van der Waals surface area contributed by atoms with Gasteiger partial charge in [0.15, 0.2) is 0 Å². The van der Waals surface area contributed by atoms with E-state index in [1.165, 1.54) is 12.8 Å². The molecule has 1 unspecified atom stereocenters. The van der Waals surface area contributed by atoms with E-state index in [0.717, 1.165) is 24.8 Å². The van der Waals surface area contributed by atoms with Crippen molar-refractivity contribution in [1.82, 2.24) is 20.3 Å². The Morgan fingerprint density at radius 2 is 2.47 bits per heavy atom. The van der Waals surface area contributed by atoms with E-state index in [1.54, 1.807) is 18.0 Å². The standard InChI is InChI=1S/C10H18N4O/c1-14-9(6-12-13-14)5-11-10(7-15-2)8-3-4-8/h6,8,10-11H,3-5,7H2,1-2H3. The first-order valence-electron chi connectivity index (χ1n) is 5.37. The summed E-state index contributed by atoms with van der Waals surface area (Å²) >= 11 is 0. The zero-order valence-electron chi connectivity index (χ0n) is 9.31. The van der Waals surface area contributed by atoms with Gasteiger partial charge in [-0.25, -0.2) is 0 Å². The number of nitrogens with one attached hydrogen (secondary N) is 1. The van der Waals surface area contributed by atoms with Crippen LogP contribution >= 0.6 is 0 Å². The lowest BCUT2D eigenvalue weighted by atomic mass is 10.2. The summed E-state index contributed by atoms with van der Waals surface area (Å²) in [7, 11) is 3.66. The minimum absolute atomic E-state index is 0.477. The van der Waals surface area contributed by atoms with Crippen molar-refractivity contribution in [2.45, 2.75) is 25.4 Å². The quantitative estimate of drug-likeness (QED) is 0.735. The molecular formula is C10H18N4O. The van der Waals surface area contributed by atoms with Crippen molar-refractivity contribution >= 4 is 0 Å². The fourth-order valence-corrected chi connectivity index (χ4v) is 1.75. The Balaban J connectivity index is 1.82. The van der Waals surface area contributed by atoms with Crippen LogP contribution < -0.4 is 5.32 Å². The van der Waals surface area contributed by atoms with Crippen molar-refractivity contribution in [3.63, 3.8) is 0 Å². The highest BCUT2D eigenvalue weighted by Crippen LogP contribution is 2.32. The second kappa shape index (κ2) is 4.72. The molecule has 1 saturated carbocycles. The predicted octanol–water partition coefficient (Wildman–Crippen LogP) is 0.330. The van der Waals surface area contributed by atoms with E-state index in [2.05, 4.69) is 15.6 Å². The summed E-state index contributed by atoms with van der Waals surface area (Å²) in [4.78, 5) is 0. The van der Waals surface area contributed by atoms with Gasteiger partial charge in [0.25, 0.3) is 0 Å². The SMILES string of the molecule is COCC(NCc1cnnn1C)C1CC1. The minimum Gasteiger partial charge on any atom is -0.383 e. The molecule has 0 saturated heterocycles. The third kappa shape index (κ3) is 2.76. The Morgan fingerprint density at radius 3 is 3.00 bits per heavy atom. The molecule has 0 spiro atoms. The molecule has 0 aromatic carbocycles. The van der Waals surface area contributed by atoms with Gasteiger partial charge in [0, 0.05) is 26.7 Å². The lowest BCUT2D eigenvalue weighted by Crippen LogP contribution is -2.35. The summed E-state index contributed by atoms with van der Waals surface area (Å²) in [5, 5.41) is 11.2. The van der Waals surface area contributed by atoms with E-state index in [9.17, 15) is 0 Å². The topological polar surface area (TPSA) is 52.0 Å². The van der Waals surface area contributed by atoms with Gasteiger partial charge >= 0.3 is 0 Å². The number of aromatic nitrogens is 3. The van der Waals surface area contributed by atoms with Crippen LogP contribution in [0.2, 0.25) is 0 Å². The average Bonchev–Trinajstić information content (AvgIpc) is 2.98. The molecule has 2 rings (SSSR count). The first-order valence-corrected chi connectivity index (χ1v) is 5.37. The number of nitrogens with zero attached hydrogens (tertiary/aromatic N) is 3. The molecule has 0 aliphatic heterocycles. The van der Waals surface area contributed by atoms with Crippen LogP contribution in [0.4, 0.5) is 0 Å². The highest BCUT2D eigenvalue weighted by molar-refractivity contribution is 4.95. The number of ether oxygens (including phenoxy) is 1. The van der Waals surface area contributed by atoms with Crippen LogP contribution in [0.1, 0.15) is 18.5 Å². The van der Waals surface area contributed by atoms with Gasteiger partial charge in [0.05, 0.1) is 18.5 Å². The summed E-state index contributed by atoms with van der Waals surface area (Å²) < 4.78 is 7.00. The van der Waals surface area contributed by atoms with Gasteiger partial charge in [-0.2, -0.15) is 0 Å². The minimum atomic E-state index is 0.477. The molecule has 1 N–H and O–H groups in total. The van der Waals surface area contributed by atoms with Crippen molar-refractivity contribution in [2.24, 2.45) is 13.0 Å². The van der Waals surface area contributed by atoms with Crippen LogP contribution in [0.25, 0.3) is 0 Å². The lowest BCUT2D eigenvalue weighted by molar-refractivity contribution is 0.156. The van der Waals surface area contributed by atoms with Gasteiger partial charge in [-0.15, -0.1) is 5.10 Å². The Bertz CT molecular complexity index is 308. The van der Waals surface area contributed by atoms with Crippen molar-refractivity contribution in [3.05, 3.63) is 11.9 Å². The monoisotopic (exact) mass is 210 g/mol. The largest absolute Gasteiger partial charge is 0.383 e. The summed E-state index contributed by atoms with van der Waals surface area (Å²) in [5.74, 6) is 0.797. The fraction of sp³-hybridized carbons (Fsp3) is 0.800. The third-order valence-corrected chi connectivity index (χ3v) is 2.89. The van der Waals surface area contributed by atoms with Crippen LogP contribution in [-0.2, 0) is 18.3 Å². The molecule has 1 aliphatic rings. The van der Waals surface area contributed by atoms with Gasteiger partial charge in [-0.3, -0.25) is 4.68 Å². The fourth-order valence-electron chi connectivity index (χ4n) is 1.75. The number of hydrogen-bond acceptors (Lipinski definition) is 4. The molecule has 1 aromatic rings. The highest BCUT2D eigenvalue weighted by atomic mass is 16.5. The third-order valence-electron chi connectivity index (χ3n) is 2.89. The molecule has 15 heavy (non-hydrogen) atoms. The van der Waals surface area contributed by atoms with Gasteiger partial charge in [-0.05, 0) is 18.8 Å². The summed E-state index contributed by atoms with van der Waals surface area (Å²) in [5.41, 5.74) is 1.11. The van der Waals surface area contributed by atoms with E-state index >= 15 is 0 Å². The second-order valence-electron chi connectivity index (χ2n) is 4.13. The summed E-state index contributed by atoms with van der Waals surface area (Å²) in [6, 6.07) is 0.477. The van der Waals surface area contributed by atoms with Crippen molar-refractivity contribution < 1.29 is 4.74 Å². The van der Waals surface area contributed by atoms with Crippen LogP contribution in [-0.4, -0.2) is 34.8 Å². The van der Waals surface area contributed by atoms with Crippen LogP contribution in [0.3, 0.4) is 0 Å². The number of hydrogen-bond donors (Lipinski definition) is 1. The maximum absolute atomic E-state index is 5.20. The molecule has 5 nitrogen and oxygen atoms in total. The second-order valence-corrected chi connectivity index (χ2v) is 4.13. The number of rotatable bonds is 6. The Hall–Kier alpha value is -0.940. The van der Waals surface area contributed by atoms with Crippen LogP contribution in [0.15, 0.2) is 6.20 Å². The van der Waals surface area contributed by atoms with Gasteiger partial charge < -0.3 is 10.1 Å². The molecule has 1 heterocycles. The van der Waals surface area contributed by atoms with Crippen LogP contribution in [0.5, 0.6) is 0 Å². The molecule has 1 fully saturated rings. The Kier molecular flexibility index (Phi) is 3.33. The molecule has 1 aliphatic carbocycles. The maximum atomic E-state index is 5.20. The number of methoxy groups -OCH3 is 1. The normalized spacial score (nSPS) is 18.0. The Morgan fingerprint density at radius 1 is 1.67 bits per heavy atom. The smallest absolute Gasteiger partial charge is 0.0738 e. The van der Waals surface area contributed by atoms with Crippen molar-refractivity contribution in [2.75, 3.05) is 13.7 Å². The molecule has 0 bridgehead atoms. The molecule has 0 radical (unpaired) electrons. The molecule has 1 atom stereocenters.